The number of amides is 1. The summed E-state index contributed by atoms with van der Waals surface area (Å²) in [6.07, 6.45) is 4.89. The Hall–Kier alpha value is -4.28. The third kappa shape index (κ3) is 4.89. The van der Waals surface area contributed by atoms with Crippen LogP contribution in [0.1, 0.15) is 20.7 Å². The lowest BCUT2D eigenvalue weighted by atomic mass is 10.0. The predicted octanol–water partition coefficient (Wildman–Crippen LogP) is 3.59. The molecule has 0 aliphatic rings. The number of nitrogens with one attached hydrogen (secondary N) is 1. The molecule has 1 amide bonds. The van der Waals surface area contributed by atoms with Crippen molar-refractivity contribution in [2.45, 2.75) is 0 Å². The largest absolute Gasteiger partial charge is 0.480 e. The second-order valence-electron chi connectivity index (χ2n) is 7.91. The summed E-state index contributed by atoms with van der Waals surface area (Å²) in [4.78, 5) is 57.1. The normalized spacial score (nSPS) is 10.7. The summed E-state index contributed by atoms with van der Waals surface area (Å²) in [6, 6.07) is 8.29. The molecule has 0 radical (unpaired) electrons. The highest BCUT2D eigenvalue weighted by Gasteiger charge is 2.18. The molecule has 0 saturated carbocycles. The highest BCUT2D eigenvalue weighted by atomic mass is 35.5. The number of hydrogen-bond acceptors (Lipinski definition) is 7. The molecule has 0 bridgehead atoms. The topological polar surface area (TPSA) is 125 Å². The van der Waals surface area contributed by atoms with Gasteiger partial charge in [0.25, 0.3) is 11.5 Å². The van der Waals surface area contributed by atoms with E-state index in [0.717, 1.165) is 9.13 Å². The van der Waals surface area contributed by atoms with E-state index in [1.54, 1.807) is 36.7 Å². The van der Waals surface area contributed by atoms with Gasteiger partial charge in [-0.15, -0.1) is 0 Å². The number of anilines is 1. The van der Waals surface area contributed by atoms with E-state index in [0.29, 0.717) is 28.7 Å². The van der Waals surface area contributed by atoms with Crippen molar-refractivity contribution in [3.63, 3.8) is 0 Å². The maximum atomic E-state index is 12.9. The summed E-state index contributed by atoms with van der Waals surface area (Å²) in [6.45, 7) is 0. The summed E-state index contributed by atoms with van der Waals surface area (Å²) >= 11 is 12.9. The summed E-state index contributed by atoms with van der Waals surface area (Å²) in [5.74, 6) is -0.640. The van der Waals surface area contributed by atoms with E-state index in [2.05, 4.69) is 15.3 Å². The summed E-state index contributed by atoms with van der Waals surface area (Å²) in [7, 11) is 4.12. The molecule has 4 rings (SSSR count). The number of carbonyl (C=O) groups excluding carboxylic acids is 2. The van der Waals surface area contributed by atoms with Gasteiger partial charge in [-0.05, 0) is 18.2 Å². The first kappa shape index (κ1) is 25.8. The number of hydrogen-bond donors (Lipinski definition) is 1. The average Bonchev–Trinajstić information content (AvgIpc) is 2.90. The van der Waals surface area contributed by atoms with Gasteiger partial charge in [-0.2, -0.15) is 0 Å². The summed E-state index contributed by atoms with van der Waals surface area (Å²) in [5, 5.41) is 3.01. The first-order valence-electron chi connectivity index (χ1n) is 10.7. The van der Waals surface area contributed by atoms with Crippen LogP contribution < -0.4 is 21.3 Å². The van der Waals surface area contributed by atoms with Crippen molar-refractivity contribution in [2.24, 2.45) is 14.1 Å². The minimum Gasteiger partial charge on any atom is -0.480 e. The third-order valence-electron chi connectivity index (χ3n) is 5.57. The summed E-state index contributed by atoms with van der Waals surface area (Å²) < 4.78 is 7.17. The quantitative estimate of drug-likeness (QED) is 0.371. The van der Waals surface area contributed by atoms with E-state index in [1.165, 1.54) is 33.5 Å². The van der Waals surface area contributed by atoms with Gasteiger partial charge in [0.15, 0.2) is 6.29 Å². The first-order chi connectivity index (χ1) is 17.7. The van der Waals surface area contributed by atoms with Crippen LogP contribution in [-0.2, 0) is 14.1 Å². The monoisotopic (exact) mass is 539 g/mol. The zero-order valence-corrected chi connectivity index (χ0v) is 21.3. The van der Waals surface area contributed by atoms with Crippen LogP contribution in [0.2, 0.25) is 10.0 Å². The average molecular weight is 540 g/mol. The van der Waals surface area contributed by atoms with E-state index in [9.17, 15) is 19.2 Å². The van der Waals surface area contributed by atoms with Gasteiger partial charge in [-0.25, -0.2) is 9.78 Å². The molecule has 1 aromatic carbocycles. The van der Waals surface area contributed by atoms with Gasteiger partial charge in [-0.1, -0.05) is 35.3 Å². The van der Waals surface area contributed by atoms with Crippen molar-refractivity contribution < 1.29 is 14.3 Å². The van der Waals surface area contributed by atoms with E-state index < -0.39 is 17.2 Å². The number of carbonyl (C=O) groups is 2. The van der Waals surface area contributed by atoms with Gasteiger partial charge in [0, 0.05) is 49.4 Å². The third-order valence-corrected chi connectivity index (χ3v) is 6.29. The van der Waals surface area contributed by atoms with E-state index >= 15 is 0 Å². The van der Waals surface area contributed by atoms with Crippen molar-refractivity contribution in [3.8, 4) is 28.3 Å². The number of ether oxygens (including phenoxy) is 1. The Balaban J connectivity index is 1.71. The highest BCUT2D eigenvalue weighted by molar-refractivity contribution is 6.36. The fourth-order valence-electron chi connectivity index (χ4n) is 3.64. The number of halogens is 2. The standard InChI is InChI=1S/C25H19Cl2N5O5/c1-31-11-16(24(35)32(2)25(31)36)22(34)29-19-6-4-5-15(21(19)27)13-7-14(10-28-9-13)20-8-18(26)17(12-33)23(30-20)37-3/h4-12H,1-3H3,(H,29,34). The zero-order chi connectivity index (χ0) is 26.9. The van der Waals surface area contributed by atoms with Crippen molar-refractivity contribution >= 4 is 41.1 Å². The Morgan fingerprint density at radius 3 is 2.54 bits per heavy atom. The number of methoxy groups -OCH3 is 1. The van der Waals surface area contributed by atoms with Crippen LogP contribution in [0.15, 0.2) is 58.5 Å². The minimum atomic E-state index is -0.730. The second-order valence-corrected chi connectivity index (χ2v) is 8.70. The van der Waals surface area contributed by atoms with Crippen LogP contribution in [0.4, 0.5) is 5.69 Å². The molecular weight excluding hydrogens is 521 g/mol. The molecule has 3 heterocycles. The Kier molecular flexibility index (Phi) is 7.23. The molecule has 1 N–H and O–H groups in total. The van der Waals surface area contributed by atoms with Crippen LogP contribution in [0.25, 0.3) is 22.4 Å². The number of nitrogens with zero attached hydrogens (tertiary/aromatic N) is 4. The van der Waals surface area contributed by atoms with Gasteiger partial charge < -0.3 is 14.6 Å². The Morgan fingerprint density at radius 2 is 1.84 bits per heavy atom. The molecule has 0 fully saturated rings. The van der Waals surface area contributed by atoms with E-state index in [1.807, 2.05) is 0 Å². The van der Waals surface area contributed by atoms with Crippen LogP contribution in [0, 0.1) is 0 Å². The van der Waals surface area contributed by atoms with Crippen LogP contribution >= 0.6 is 23.2 Å². The van der Waals surface area contributed by atoms with Crippen molar-refractivity contribution in [3.05, 3.63) is 90.9 Å². The molecule has 37 heavy (non-hydrogen) atoms. The van der Waals surface area contributed by atoms with Crippen molar-refractivity contribution in [2.75, 3.05) is 12.4 Å². The van der Waals surface area contributed by atoms with Gasteiger partial charge in [0.2, 0.25) is 5.88 Å². The van der Waals surface area contributed by atoms with Crippen LogP contribution in [0.5, 0.6) is 5.88 Å². The number of aryl methyl sites for hydroxylation is 1. The molecule has 0 saturated heterocycles. The molecule has 0 spiro atoms. The number of aldehydes is 1. The maximum absolute atomic E-state index is 12.9. The van der Waals surface area contributed by atoms with Crippen LogP contribution in [-0.4, -0.2) is 38.4 Å². The van der Waals surface area contributed by atoms with Gasteiger partial charge in [-0.3, -0.25) is 23.9 Å². The van der Waals surface area contributed by atoms with Gasteiger partial charge in [0.1, 0.15) is 5.56 Å². The molecule has 10 nitrogen and oxygen atoms in total. The number of aromatic nitrogens is 4. The predicted molar refractivity (Wildman–Crippen MR) is 140 cm³/mol. The molecule has 12 heteroatoms. The lowest BCUT2D eigenvalue weighted by Gasteiger charge is -2.13. The van der Waals surface area contributed by atoms with E-state index in [-0.39, 0.29) is 32.7 Å². The first-order valence-corrected chi connectivity index (χ1v) is 11.4. The fraction of sp³-hybridized carbons (Fsp3) is 0.120. The minimum absolute atomic E-state index is 0.0789. The Morgan fingerprint density at radius 1 is 1.11 bits per heavy atom. The van der Waals surface area contributed by atoms with Crippen molar-refractivity contribution in [1.29, 1.82) is 0 Å². The van der Waals surface area contributed by atoms with E-state index in [4.69, 9.17) is 27.9 Å². The molecule has 188 valence electrons. The molecule has 4 aromatic rings. The highest BCUT2D eigenvalue weighted by Crippen LogP contribution is 2.36. The molecule has 0 atom stereocenters. The lowest BCUT2D eigenvalue weighted by molar-refractivity contribution is 0.102. The molecule has 0 aliphatic carbocycles. The Labute approximate surface area is 220 Å². The number of pyridine rings is 2. The summed E-state index contributed by atoms with van der Waals surface area (Å²) in [5.41, 5.74) is 1.04. The smallest absolute Gasteiger partial charge is 0.330 e. The van der Waals surface area contributed by atoms with Crippen LogP contribution in [0.3, 0.4) is 0 Å². The van der Waals surface area contributed by atoms with Gasteiger partial charge in [0.05, 0.1) is 34.1 Å². The molecule has 0 aliphatic heterocycles. The van der Waals surface area contributed by atoms with Crippen molar-refractivity contribution in [1.82, 2.24) is 19.1 Å². The zero-order valence-electron chi connectivity index (χ0n) is 19.8. The SMILES string of the molecule is COc1nc(-c2cncc(-c3cccc(NC(=O)c4cn(C)c(=O)n(C)c4=O)c3Cl)c2)cc(Cl)c1C=O. The molecular formula is C25H19Cl2N5O5. The number of rotatable bonds is 6. The molecule has 0 unspecified atom stereocenters. The Bertz CT molecular complexity index is 1680. The van der Waals surface area contributed by atoms with Gasteiger partial charge >= 0.3 is 5.69 Å². The fourth-order valence-corrected chi connectivity index (χ4v) is 4.16. The second kappa shape index (κ2) is 10.4. The maximum Gasteiger partial charge on any atom is 0.330 e. The lowest BCUT2D eigenvalue weighted by Crippen LogP contribution is -2.40. The molecule has 3 aromatic heterocycles. The number of benzene rings is 1.